The summed E-state index contributed by atoms with van der Waals surface area (Å²) in [7, 11) is 2.09. The van der Waals surface area contributed by atoms with E-state index in [0.717, 1.165) is 24.4 Å². The molecule has 5 heteroatoms. The van der Waals surface area contributed by atoms with Crippen LogP contribution in [0, 0.1) is 0 Å². The van der Waals surface area contributed by atoms with Gasteiger partial charge in [0.15, 0.2) is 0 Å². The number of hydrogen-bond donors (Lipinski definition) is 2. The van der Waals surface area contributed by atoms with E-state index in [2.05, 4.69) is 27.2 Å². The molecule has 1 aromatic heterocycles. The maximum atomic E-state index is 12.0. The molecule has 0 radical (unpaired) electrons. The molecule has 1 atom stereocenters. The van der Waals surface area contributed by atoms with Gasteiger partial charge in [0.1, 0.15) is 5.82 Å². The minimum Gasteiger partial charge on any atom is -0.315 e. The normalized spacial score (nSPS) is 19.6. The Labute approximate surface area is 118 Å². The van der Waals surface area contributed by atoms with Crippen molar-refractivity contribution in [2.45, 2.75) is 25.4 Å². The van der Waals surface area contributed by atoms with Crippen LogP contribution in [-0.2, 0) is 6.54 Å². The fourth-order valence-electron chi connectivity index (χ4n) is 2.78. The van der Waals surface area contributed by atoms with Gasteiger partial charge < -0.3 is 10.3 Å². The number of aromatic amines is 1. The van der Waals surface area contributed by atoms with Crippen LogP contribution in [0.3, 0.4) is 0 Å². The van der Waals surface area contributed by atoms with Crippen molar-refractivity contribution in [2.75, 3.05) is 20.1 Å². The molecule has 0 aliphatic carbocycles. The zero-order chi connectivity index (χ0) is 13.9. The number of hydrogen-bond acceptors (Lipinski definition) is 4. The van der Waals surface area contributed by atoms with Crippen LogP contribution in [0.15, 0.2) is 29.1 Å². The van der Waals surface area contributed by atoms with E-state index in [4.69, 9.17) is 0 Å². The van der Waals surface area contributed by atoms with E-state index in [0.29, 0.717) is 18.0 Å². The first-order valence-electron chi connectivity index (χ1n) is 7.13. The lowest BCUT2D eigenvalue weighted by molar-refractivity contribution is 0.192. The number of aromatic nitrogens is 2. The Morgan fingerprint density at radius 1 is 1.40 bits per heavy atom. The van der Waals surface area contributed by atoms with Crippen LogP contribution in [0.2, 0.25) is 0 Å². The van der Waals surface area contributed by atoms with Gasteiger partial charge in [-0.2, -0.15) is 0 Å². The molecule has 20 heavy (non-hydrogen) atoms. The molecule has 1 aliphatic rings. The number of piperidine rings is 1. The number of nitrogens with zero attached hydrogens (tertiary/aromatic N) is 2. The molecule has 2 heterocycles. The molecule has 1 aromatic carbocycles. The van der Waals surface area contributed by atoms with Gasteiger partial charge in [-0.25, -0.2) is 4.98 Å². The van der Waals surface area contributed by atoms with Crippen LogP contribution in [0.4, 0.5) is 0 Å². The predicted molar refractivity (Wildman–Crippen MR) is 79.7 cm³/mol. The summed E-state index contributed by atoms with van der Waals surface area (Å²) in [5, 5.41) is 4.06. The maximum Gasteiger partial charge on any atom is 0.258 e. The average molecular weight is 272 g/mol. The Bertz CT molecular complexity index is 646. The number of fused-ring (bicyclic) bond motifs is 1. The maximum absolute atomic E-state index is 12.0. The number of rotatable bonds is 3. The number of likely N-dealkylation sites (N-methyl/N-ethyl adjacent to an activating group) is 1. The van der Waals surface area contributed by atoms with Gasteiger partial charge in [-0.05, 0) is 38.6 Å². The Morgan fingerprint density at radius 3 is 3.05 bits per heavy atom. The Morgan fingerprint density at radius 2 is 2.25 bits per heavy atom. The molecule has 0 saturated carbocycles. The molecule has 1 saturated heterocycles. The monoisotopic (exact) mass is 272 g/mol. The Balaban J connectivity index is 1.81. The predicted octanol–water partition coefficient (Wildman–Crippen LogP) is 1.11. The first-order valence-corrected chi connectivity index (χ1v) is 7.13. The lowest BCUT2D eigenvalue weighted by Gasteiger charge is -2.31. The summed E-state index contributed by atoms with van der Waals surface area (Å²) in [6.07, 6.45) is 2.40. The molecule has 2 N–H and O–H groups in total. The topological polar surface area (TPSA) is 61.0 Å². The third-order valence-electron chi connectivity index (χ3n) is 3.96. The fourth-order valence-corrected chi connectivity index (χ4v) is 2.78. The third-order valence-corrected chi connectivity index (χ3v) is 3.96. The average Bonchev–Trinajstić information content (AvgIpc) is 2.48. The van der Waals surface area contributed by atoms with E-state index in [-0.39, 0.29) is 5.56 Å². The Kier molecular flexibility index (Phi) is 3.80. The summed E-state index contributed by atoms with van der Waals surface area (Å²) in [5.41, 5.74) is 0.710. The van der Waals surface area contributed by atoms with Crippen molar-refractivity contribution in [1.82, 2.24) is 20.2 Å². The smallest absolute Gasteiger partial charge is 0.258 e. The van der Waals surface area contributed by atoms with Gasteiger partial charge in [-0.15, -0.1) is 0 Å². The van der Waals surface area contributed by atoms with Gasteiger partial charge in [0.2, 0.25) is 0 Å². The second-order valence-corrected chi connectivity index (χ2v) is 5.45. The van der Waals surface area contributed by atoms with Crippen LogP contribution in [0.5, 0.6) is 0 Å². The zero-order valence-corrected chi connectivity index (χ0v) is 11.7. The highest BCUT2D eigenvalue weighted by Crippen LogP contribution is 2.11. The summed E-state index contributed by atoms with van der Waals surface area (Å²) in [6, 6.07) is 7.97. The van der Waals surface area contributed by atoms with E-state index >= 15 is 0 Å². The van der Waals surface area contributed by atoms with Gasteiger partial charge >= 0.3 is 0 Å². The standard InChI is InChI=1S/C15H20N4O/c1-19(11-5-4-8-16-9-11)10-14-17-13-7-3-2-6-12(13)15(20)18-14/h2-3,6-7,11,16H,4-5,8-10H2,1H3,(H,17,18,20). The molecule has 3 rings (SSSR count). The highest BCUT2D eigenvalue weighted by molar-refractivity contribution is 5.77. The molecule has 106 valence electrons. The van der Waals surface area contributed by atoms with E-state index in [1.807, 2.05) is 18.2 Å². The third kappa shape index (κ3) is 2.73. The van der Waals surface area contributed by atoms with Gasteiger partial charge in [0.05, 0.1) is 17.4 Å². The van der Waals surface area contributed by atoms with E-state index in [1.165, 1.54) is 12.8 Å². The molecular weight excluding hydrogens is 252 g/mol. The first kappa shape index (κ1) is 13.3. The van der Waals surface area contributed by atoms with Crippen molar-refractivity contribution in [3.8, 4) is 0 Å². The second-order valence-electron chi connectivity index (χ2n) is 5.45. The summed E-state index contributed by atoms with van der Waals surface area (Å²) >= 11 is 0. The molecule has 1 fully saturated rings. The lowest BCUT2D eigenvalue weighted by Crippen LogP contribution is -2.44. The molecule has 1 aliphatic heterocycles. The first-order chi connectivity index (χ1) is 9.74. The van der Waals surface area contributed by atoms with Gasteiger partial charge in [0, 0.05) is 12.6 Å². The molecule has 0 spiro atoms. The number of H-pyrrole nitrogens is 1. The van der Waals surface area contributed by atoms with E-state index in [9.17, 15) is 4.79 Å². The summed E-state index contributed by atoms with van der Waals surface area (Å²) in [4.78, 5) is 21.7. The van der Waals surface area contributed by atoms with Crippen molar-refractivity contribution in [1.29, 1.82) is 0 Å². The molecule has 0 bridgehead atoms. The number of para-hydroxylation sites is 1. The van der Waals surface area contributed by atoms with Crippen LogP contribution >= 0.6 is 0 Å². The highest BCUT2D eigenvalue weighted by Gasteiger charge is 2.18. The highest BCUT2D eigenvalue weighted by atomic mass is 16.1. The molecule has 0 amide bonds. The van der Waals surface area contributed by atoms with Gasteiger partial charge in [-0.3, -0.25) is 9.69 Å². The minimum atomic E-state index is -0.0548. The van der Waals surface area contributed by atoms with Crippen molar-refractivity contribution in [2.24, 2.45) is 0 Å². The fraction of sp³-hybridized carbons (Fsp3) is 0.467. The van der Waals surface area contributed by atoms with Gasteiger partial charge in [0.25, 0.3) is 5.56 Å². The summed E-state index contributed by atoms with van der Waals surface area (Å²) < 4.78 is 0. The summed E-state index contributed by atoms with van der Waals surface area (Å²) in [5.74, 6) is 0.738. The van der Waals surface area contributed by atoms with Gasteiger partial charge in [-0.1, -0.05) is 12.1 Å². The molecule has 2 aromatic rings. The van der Waals surface area contributed by atoms with Crippen molar-refractivity contribution in [3.05, 3.63) is 40.4 Å². The van der Waals surface area contributed by atoms with Crippen molar-refractivity contribution >= 4 is 10.9 Å². The van der Waals surface area contributed by atoms with Crippen LogP contribution in [-0.4, -0.2) is 41.0 Å². The largest absolute Gasteiger partial charge is 0.315 e. The second kappa shape index (κ2) is 5.73. The summed E-state index contributed by atoms with van der Waals surface area (Å²) in [6.45, 7) is 2.79. The molecule has 1 unspecified atom stereocenters. The Hall–Kier alpha value is -1.72. The number of nitrogens with one attached hydrogen (secondary N) is 2. The van der Waals surface area contributed by atoms with Crippen LogP contribution < -0.4 is 10.9 Å². The van der Waals surface area contributed by atoms with E-state index < -0.39 is 0 Å². The van der Waals surface area contributed by atoms with Crippen LogP contribution in [0.1, 0.15) is 18.7 Å². The van der Waals surface area contributed by atoms with E-state index in [1.54, 1.807) is 6.07 Å². The van der Waals surface area contributed by atoms with Crippen LogP contribution in [0.25, 0.3) is 10.9 Å². The minimum absolute atomic E-state index is 0.0548. The lowest BCUT2D eigenvalue weighted by atomic mass is 10.1. The quantitative estimate of drug-likeness (QED) is 0.878. The molecule has 5 nitrogen and oxygen atoms in total. The SMILES string of the molecule is CN(Cc1nc2ccccc2c(=O)[nH]1)C1CCCNC1. The van der Waals surface area contributed by atoms with Crippen molar-refractivity contribution < 1.29 is 0 Å². The number of benzene rings is 1. The van der Waals surface area contributed by atoms with Crippen molar-refractivity contribution in [3.63, 3.8) is 0 Å². The zero-order valence-electron chi connectivity index (χ0n) is 11.7. The molecular formula is C15H20N4O.